The summed E-state index contributed by atoms with van der Waals surface area (Å²) in [6.07, 6.45) is 2.50. The molecule has 3 heterocycles. The van der Waals surface area contributed by atoms with Gasteiger partial charge in [0, 0.05) is 13.1 Å². The van der Waals surface area contributed by atoms with E-state index in [1.807, 2.05) is 6.92 Å². The van der Waals surface area contributed by atoms with Crippen molar-refractivity contribution in [3.63, 3.8) is 0 Å². The van der Waals surface area contributed by atoms with Crippen LogP contribution in [0.15, 0.2) is 0 Å². The summed E-state index contributed by atoms with van der Waals surface area (Å²) in [5, 5.41) is 10.5. The Morgan fingerprint density at radius 3 is 2.58 bits per heavy atom. The van der Waals surface area contributed by atoms with Crippen molar-refractivity contribution in [2.24, 2.45) is 5.92 Å². The highest BCUT2D eigenvalue weighted by atomic mass is 32.1. The monoisotopic (exact) mass is 295 g/mol. The Bertz CT molecular complexity index is 568. The predicted molar refractivity (Wildman–Crippen MR) is 80.8 cm³/mol. The lowest BCUT2D eigenvalue weighted by molar-refractivity contribution is 0.438. The van der Waals surface area contributed by atoms with Gasteiger partial charge in [-0.1, -0.05) is 29.6 Å². The summed E-state index contributed by atoms with van der Waals surface area (Å²) < 4.78 is 0. The van der Waals surface area contributed by atoms with Crippen LogP contribution in [-0.4, -0.2) is 28.3 Å². The van der Waals surface area contributed by atoms with Crippen molar-refractivity contribution < 1.29 is 0 Å². The van der Waals surface area contributed by atoms with E-state index in [9.17, 15) is 0 Å². The standard InChI is InChI=1S/C12H17N5S2/c1-7-3-5-17(6-4-7)12-14-8(2)9(18-12)10-15-16-11(13)19-10/h7H,3-6H2,1-2H3,(H2,13,16). The molecule has 2 aromatic rings. The fourth-order valence-corrected chi connectivity index (χ4v) is 4.09. The van der Waals surface area contributed by atoms with Gasteiger partial charge in [0.05, 0.1) is 10.6 Å². The first-order valence-corrected chi connectivity index (χ1v) is 8.08. The first-order valence-electron chi connectivity index (χ1n) is 6.45. The van der Waals surface area contributed by atoms with Crippen molar-refractivity contribution in [3.8, 4) is 9.88 Å². The molecule has 3 rings (SSSR count). The third-order valence-electron chi connectivity index (χ3n) is 3.47. The van der Waals surface area contributed by atoms with Gasteiger partial charge in [-0.2, -0.15) is 0 Å². The van der Waals surface area contributed by atoms with Crippen molar-refractivity contribution in [1.82, 2.24) is 15.2 Å². The Morgan fingerprint density at radius 2 is 1.95 bits per heavy atom. The molecule has 19 heavy (non-hydrogen) atoms. The number of rotatable bonds is 2. The van der Waals surface area contributed by atoms with Crippen LogP contribution in [-0.2, 0) is 0 Å². The van der Waals surface area contributed by atoms with Gasteiger partial charge >= 0.3 is 0 Å². The van der Waals surface area contributed by atoms with E-state index >= 15 is 0 Å². The predicted octanol–water partition coefficient (Wildman–Crippen LogP) is 2.79. The molecule has 0 unspecified atom stereocenters. The fraction of sp³-hybridized carbons (Fsp3) is 0.583. The highest BCUT2D eigenvalue weighted by molar-refractivity contribution is 7.25. The number of anilines is 2. The van der Waals surface area contributed by atoms with Crippen LogP contribution in [0.1, 0.15) is 25.5 Å². The third kappa shape index (κ3) is 2.57. The second kappa shape index (κ2) is 5.05. The molecule has 0 radical (unpaired) electrons. The highest BCUT2D eigenvalue weighted by Crippen LogP contribution is 2.37. The zero-order chi connectivity index (χ0) is 13.4. The Morgan fingerprint density at radius 1 is 1.21 bits per heavy atom. The maximum atomic E-state index is 5.65. The van der Waals surface area contributed by atoms with Crippen LogP contribution in [0.2, 0.25) is 0 Å². The average molecular weight is 295 g/mol. The molecule has 5 nitrogen and oxygen atoms in total. The molecule has 1 fully saturated rings. The van der Waals surface area contributed by atoms with E-state index in [-0.39, 0.29) is 0 Å². The molecule has 0 aromatic carbocycles. The largest absolute Gasteiger partial charge is 0.374 e. The van der Waals surface area contributed by atoms with Crippen molar-refractivity contribution in [3.05, 3.63) is 5.69 Å². The minimum Gasteiger partial charge on any atom is -0.374 e. The summed E-state index contributed by atoms with van der Waals surface area (Å²) in [5.74, 6) is 0.833. The lowest BCUT2D eigenvalue weighted by atomic mass is 10.00. The Hall–Kier alpha value is -1.21. The van der Waals surface area contributed by atoms with E-state index in [4.69, 9.17) is 5.73 Å². The van der Waals surface area contributed by atoms with E-state index in [2.05, 4.69) is 27.0 Å². The lowest BCUT2D eigenvalue weighted by Crippen LogP contribution is -2.32. The van der Waals surface area contributed by atoms with Crippen LogP contribution in [0, 0.1) is 12.8 Å². The van der Waals surface area contributed by atoms with E-state index in [1.54, 1.807) is 11.3 Å². The highest BCUT2D eigenvalue weighted by Gasteiger charge is 2.21. The molecule has 2 N–H and O–H groups in total. The van der Waals surface area contributed by atoms with Crippen LogP contribution in [0.4, 0.5) is 10.3 Å². The number of nitrogens with two attached hydrogens (primary N) is 1. The zero-order valence-electron chi connectivity index (χ0n) is 11.1. The molecule has 1 saturated heterocycles. The number of hydrogen-bond acceptors (Lipinski definition) is 7. The number of aryl methyl sites for hydroxylation is 1. The fourth-order valence-electron chi connectivity index (χ4n) is 2.24. The van der Waals surface area contributed by atoms with E-state index in [1.165, 1.54) is 24.2 Å². The number of nitrogens with zero attached hydrogens (tertiary/aromatic N) is 4. The molecule has 1 aliphatic heterocycles. The van der Waals surface area contributed by atoms with Crippen LogP contribution < -0.4 is 10.6 Å². The Labute approximate surface area is 120 Å². The summed E-state index contributed by atoms with van der Waals surface area (Å²) in [6, 6.07) is 0. The van der Waals surface area contributed by atoms with E-state index in [0.717, 1.165) is 39.7 Å². The van der Waals surface area contributed by atoms with Gasteiger partial charge < -0.3 is 10.6 Å². The van der Waals surface area contributed by atoms with Crippen LogP contribution in [0.25, 0.3) is 9.88 Å². The number of piperidine rings is 1. The number of aromatic nitrogens is 3. The normalized spacial score (nSPS) is 17.1. The third-order valence-corrected chi connectivity index (χ3v) is 5.60. The van der Waals surface area contributed by atoms with Gasteiger partial charge in [0.25, 0.3) is 0 Å². The SMILES string of the molecule is Cc1nc(N2CCC(C)CC2)sc1-c1nnc(N)s1. The minimum atomic E-state index is 0.510. The van der Waals surface area contributed by atoms with Crippen LogP contribution in [0.3, 0.4) is 0 Å². The maximum absolute atomic E-state index is 5.65. The van der Waals surface area contributed by atoms with Crippen molar-refractivity contribution >= 4 is 32.9 Å². The van der Waals surface area contributed by atoms with Crippen LogP contribution in [0.5, 0.6) is 0 Å². The topological polar surface area (TPSA) is 67.9 Å². The average Bonchev–Trinajstić information content (AvgIpc) is 2.96. The van der Waals surface area contributed by atoms with Gasteiger partial charge in [0.1, 0.15) is 0 Å². The molecule has 0 atom stereocenters. The van der Waals surface area contributed by atoms with Gasteiger partial charge in [0.15, 0.2) is 10.1 Å². The molecule has 0 bridgehead atoms. The van der Waals surface area contributed by atoms with Gasteiger partial charge in [0.2, 0.25) is 5.13 Å². The van der Waals surface area contributed by atoms with E-state index < -0.39 is 0 Å². The molecule has 0 aliphatic carbocycles. The molecule has 7 heteroatoms. The summed E-state index contributed by atoms with van der Waals surface area (Å²) in [4.78, 5) is 8.17. The molecule has 0 saturated carbocycles. The summed E-state index contributed by atoms with van der Waals surface area (Å²) in [6.45, 7) is 6.55. The number of thiazole rings is 1. The van der Waals surface area contributed by atoms with Crippen molar-refractivity contribution in [1.29, 1.82) is 0 Å². The quantitative estimate of drug-likeness (QED) is 0.922. The van der Waals surface area contributed by atoms with Crippen molar-refractivity contribution in [2.45, 2.75) is 26.7 Å². The molecule has 102 valence electrons. The maximum Gasteiger partial charge on any atom is 0.203 e. The van der Waals surface area contributed by atoms with Gasteiger partial charge in [-0.25, -0.2) is 4.98 Å². The Balaban J connectivity index is 1.85. The van der Waals surface area contributed by atoms with Crippen molar-refractivity contribution in [2.75, 3.05) is 23.7 Å². The lowest BCUT2D eigenvalue weighted by Gasteiger charge is -2.29. The van der Waals surface area contributed by atoms with Crippen LogP contribution >= 0.6 is 22.7 Å². The summed E-state index contributed by atoms with van der Waals surface area (Å²) in [5.41, 5.74) is 6.67. The first-order chi connectivity index (χ1) is 9.13. The second-order valence-corrected chi connectivity index (χ2v) is 7.01. The van der Waals surface area contributed by atoms with Gasteiger partial charge in [-0.05, 0) is 25.7 Å². The summed E-state index contributed by atoms with van der Waals surface area (Å²) in [7, 11) is 0. The zero-order valence-corrected chi connectivity index (χ0v) is 12.7. The number of hydrogen-bond donors (Lipinski definition) is 1. The van der Waals surface area contributed by atoms with Gasteiger partial charge in [-0.3, -0.25) is 0 Å². The smallest absolute Gasteiger partial charge is 0.203 e. The van der Waals surface area contributed by atoms with E-state index in [0.29, 0.717) is 5.13 Å². The second-order valence-electron chi connectivity index (χ2n) is 5.03. The molecule has 0 amide bonds. The summed E-state index contributed by atoms with van der Waals surface area (Å²) >= 11 is 3.12. The molecule has 2 aromatic heterocycles. The molecule has 1 aliphatic rings. The number of nitrogen functional groups attached to an aromatic ring is 1. The first kappa shape index (κ1) is 12.8. The molecule has 0 spiro atoms. The molecular weight excluding hydrogens is 278 g/mol. The van der Waals surface area contributed by atoms with Gasteiger partial charge in [-0.15, -0.1) is 10.2 Å². The Kier molecular flexibility index (Phi) is 3.40. The minimum absolute atomic E-state index is 0.510. The molecular formula is C12H17N5S2.